The van der Waals surface area contributed by atoms with Gasteiger partial charge in [-0.15, -0.1) is 10.2 Å². The molecule has 0 bridgehead atoms. The number of hydrogen-bond donors (Lipinski definition) is 1. The van der Waals surface area contributed by atoms with E-state index < -0.39 is 5.91 Å². The maximum absolute atomic E-state index is 12.6. The summed E-state index contributed by atoms with van der Waals surface area (Å²) < 4.78 is 11.1. The van der Waals surface area contributed by atoms with Gasteiger partial charge in [0.15, 0.2) is 0 Å². The van der Waals surface area contributed by atoms with E-state index in [2.05, 4.69) is 15.5 Å². The van der Waals surface area contributed by atoms with E-state index >= 15 is 0 Å². The van der Waals surface area contributed by atoms with E-state index in [1.165, 1.54) is 17.4 Å². The molecule has 2 heterocycles. The quantitative estimate of drug-likeness (QED) is 0.399. The van der Waals surface area contributed by atoms with Crippen molar-refractivity contribution in [2.75, 3.05) is 36.5 Å². The van der Waals surface area contributed by atoms with Gasteiger partial charge in [0.1, 0.15) is 24.0 Å². The molecule has 1 fully saturated rings. The van der Waals surface area contributed by atoms with Crippen molar-refractivity contribution in [2.45, 2.75) is 6.61 Å². The van der Waals surface area contributed by atoms with Gasteiger partial charge in [-0.3, -0.25) is 10.1 Å². The predicted octanol–water partition coefficient (Wildman–Crippen LogP) is 4.15. The number of morpholine rings is 1. The second-order valence-corrected chi connectivity index (χ2v) is 8.43. The maximum atomic E-state index is 12.6. The Labute approximate surface area is 200 Å². The van der Waals surface area contributed by atoms with Crippen LogP contribution >= 0.6 is 22.9 Å². The van der Waals surface area contributed by atoms with Gasteiger partial charge in [0.25, 0.3) is 5.91 Å². The zero-order chi connectivity index (χ0) is 23.0. The Morgan fingerprint density at radius 2 is 1.97 bits per heavy atom. The highest BCUT2D eigenvalue weighted by Crippen LogP contribution is 2.25. The van der Waals surface area contributed by atoms with Gasteiger partial charge in [-0.25, -0.2) is 0 Å². The summed E-state index contributed by atoms with van der Waals surface area (Å²) in [6.45, 7) is 3.06. The monoisotopic (exact) mass is 481 g/mol. The first kappa shape index (κ1) is 22.7. The summed E-state index contributed by atoms with van der Waals surface area (Å²) in [6.07, 6.45) is 1.51. The van der Waals surface area contributed by atoms with Crippen molar-refractivity contribution in [3.63, 3.8) is 0 Å². The number of anilines is 2. The van der Waals surface area contributed by atoms with E-state index in [-0.39, 0.29) is 5.57 Å². The number of aromatic nitrogens is 2. The molecule has 3 aromatic rings. The zero-order valence-corrected chi connectivity index (χ0v) is 19.1. The number of benzene rings is 2. The number of hydrogen-bond acceptors (Lipinski definition) is 8. The largest absolute Gasteiger partial charge is 0.489 e. The lowest BCUT2D eigenvalue weighted by Crippen LogP contribution is -2.36. The van der Waals surface area contributed by atoms with Crippen LogP contribution in [0.15, 0.2) is 54.1 Å². The van der Waals surface area contributed by atoms with Crippen molar-refractivity contribution < 1.29 is 14.3 Å². The lowest BCUT2D eigenvalue weighted by molar-refractivity contribution is -0.112. The third kappa shape index (κ3) is 6.08. The number of ether oxygens (including phenoxy) is 2. The molecule has 0 unspecified atom stereocenters. The molecule has 168 valence electrons. The van der Waals surface area contributed by atoms with E-state index in [4.69, 9.17) is 21.1 Å². The van der Waals surface area contributed by atoms with E-state index in [0.717, 1.165) is 18.7 Å². The Bertz CT molecular complexity index is 1180. The molecule has 1 aliphatic heterocycles. The third-order valence-corrected chi connectivity index (χ3v) is 6.09. The molecular weight excluding hydrogens is 462 g/mol. The fraction of sp³-hybridized carbons (Fsp3) is 0.217. The summed E-state index contributed by atoms with van der Waals surface area (Å²) >= 11 is 7.41. The average Bonchev–Trinajstić information content (AvgIpc) is 3.32. The van der Waals surface area contributed by atoms with Crippen LogP contribution in [0.1, 0.15) is 11.1 Å². The van der Waals surface area contributed by atoms with Crippen molar-refractivity contribution in [2.24, 2.45) is 0 Å². The third-order valence-electron chi connectivity index (χ3n) is 4.82. The van der Waals surface area contributed by atoms with E-state index in [9.17, 15) is 10.1 Å². The lowest BCUT2D eigenvalue weighted by atomic mass is 10.1. The summed E-state index contributed by atoms with van der Waals surface area (Å²) in [6, 6.07) is 16.5. The first-order valence-electron chi connectivity index (χ1n) is 10.2. The van der Waals surface area contributed by atoms with Crippen molar-refractivity contribution in [3.05, 3.63) is 70.3 Å². The number of nitriles is 1. The Balaban J connectivity index is 1.36. The molecule has 4 rings (SSSR count). The number of nitrogens with zero attached hydrogens (tertiary/aromatic N) is 4. The van der Waals surface area contributed by atoms with Crippen LogP contribution in [0.5, 0.6) is 5.75 Å². The highest BCUT2D eigenvalue weighted by molar-refractivity contribution is 7.19. The van der Waals surface area contributed by atoms with Crippen molar-refractivity contribution in [1.82, 2.24) is 10.2 Å². The predicted molar refractivity (Wildman–Crippen MR) is 127 cm³/mol. The summed E-state index contributed by atoms with van der Waals surface area (Å²) in [5, 5.41) is 21.9. The molecule has 1 N–H and O–H groups in total. The Morgan fingerprint density at radius 3 is 2.70 bits per heavy atom. The van der Waals surface area contributed by atoms with Crippen LogP contribution in [0.3, 0.4) is 0 Å². The SMILES string of the molecule is N#C/C(=C/c1ccc(OCc2ccccc2Cl)cc1)C(=O)Nc1nnc(N2CCOCC2)s1. The molecule has 1 saturated heterocycles. The molecule has 0 atom stereocenters. The molecule has 10 heteroatoms. The van der Waals surface area contributed by atoms with Crippen molar-refractivity contribution in [1.29, 1.82) is 5.26 Å². The summed E-state index contributed by atoms with van der Waals surface area (Å²) in [5.41, 5.74) is 1.54. The van der Waals surface area contributed by atoms with E-state index in [1.807, 2.05) is 35.2 Å². The fourth-order valence-corrected chi connectivity index (χ4v) is 4.05. The topological polar surface area (TPSA) is 100 Å². The van der Waals surface area contributed by atoms with E-state index in [1.54, 1.807) is 24.3 Å². The highest BCUT2D eigenvalue weighted by Gasteiger charge is 2.18. The average molecular weight is 482 g/mol. The molecule has 0 spiro atoms. The van der Waals surface area contributed by atoms with Gasteiger partial charge in [0.2, 0.25) is 10.3 Å². The maximum Gasteiger partial charge on any atom is 0.268 e. The second-order valence-electron chi connectivity index (χ2n) is 7.06. The number of rotatable bonds is 7. The Morgan fingerprint density at radius 1 is 1.21 bits per heavy atom. The van der Waals surface area contributed by atoms with Gasteiger partial charge in [0.05, 0.1) is 13.2 Å². The van der Waals surface area contributed by atoms with E-state index in [0.29, 0.717) is 46.4 Å². The molecule has 1 aromatic heterocycles. The minimum absolute atomic E-state index is 0.0390. The second kappa shape index (κ2) is 10.9. The number of carbonyl (C=O) groups excluding carboxylic acids is 1. The van der Waals surface area contributed by atoms with Crippen molar-refractivity contribution in [3.8, 4) is 11.8 Å². The Kier molecular flexibility index (Phi) is 7.52. The fourth-order valence-electron chi connectivity index (χ4n) is 3.06. The smallest absolute Gasteiger partial charge is 0.268 e. The molecule has 0 radical (unpaired) electrons. The van der Waals surface area contributed by atoms with Crippen LogP contribution in [0.25, 0.3) is 6.08 Å². The van der Waals surface area contributed by atoms with Gasteiger partial charge < -0.3 is 14.4 Å². The van der Waals surface area contributed by atoms with Crippen LogP contribution in [0.2, 0.25) is 5.02 Å². The first-order valence-corrected chi connectivity index (χ1v) is 11.4. The molecule has 0 aliphatic carbocycles. The normalized spacial score (nSPS) is 13.9. The van der Waals surface area contributed by atoms with Gasteiger partial charge in [-0.2, -0.15) is 5.26 Å². The van der Waals surface area contributed by atoms with Gasteiger partial charge >= 0.3 is 0 Å². The molecule has 8 nitrogen and oxygen atoms in total. The lowest BCUT2D eigenvalue weighted by Gasteiger charge is -2.25. The minimum atomic E-state index is -0.541. The van der Waals surface area contributed by atoms with Crippen LogP contribution < -0.4 is 15.0 Å². The molecule has 1 aliphatic rings. The van der Waals surface area contributed by atoms with Gasteiger partial charge in [-0.05, 0) is 29.8 Å². The van der Waals surface area contributed by atoms with Crippen LogP contribution in [0, 0.1) is 11.3 Å². The zero-order valence-electron chi connectivity index (χ0n) is 17.5. The van der Waals surface area contributed by atoms with Crippen LogP contribution in [0.4, 0.5) is 10.3 Å². The van der Waals surface area contributed by atoms with Crippen molar-refractivity contribution >= 4 is 45.2 Å². The number of nitrogens with one attached hydrogen (secondary N) is 1. The number of halogens is 1. The van der Waals surface area contributed by atoms with Gasteiger partial charge in [-0.1, -0.05) is 53.3 Å². The number of amides is 1. The molecular formula is C23H20ClN5O3S. The molecule has 0 saturated carbocycles. The molecule has 1 amide bonds. The van der Waals surface area contributed by atoms with Crippen LogP contribution in [-0.2, 0) is 16.1 Å². The summed E-state index contributed by atoms with van der Waals surface area (Å²) in [7, 11) is 0. The summed E-state index contributed by atoms with van der Waals surface area (Å²) in [4.78, 5) is 14.6. The first-order chi connectivity index (χ1) is 16.1. The summed E-state index contributed by atoms with van der Waals surface area (Å²) in [5.74, 6) is 0.112. The minimum Gasteiger partial charge on any atom is -0.489 e. The standard InChI is InChI=1S/C23H20ClN5O3S/c24-20-4-2-1-3-17(20)15-32-19-7-5-16(6-8-19)13-18(14-25)21(30)26-22-27-28-23(33-22)29-9-11-31-12-10-29/h1-8,13H,9-12,15H2,(H,26,27,30)/b18-13-. The van der Waals surface area contributed by atoms with Gasteiger partial charge in [0, 0.05) is 23.7 Å². The molecule has 2 aromatic carbocycles. The molecule has 33 heavy (non-hydrogen) atoms. The highest BCUT2D eigenvalue weighted by atomic mass is 35.5. The Hall–Kier alpha value is -3.45. The number of carbonyl (C=O) groups is 1. The van der Waals surface area contributed by atoms with Crippen LogP contribution in [-0.4, -0.2) is 42.4 Å².